The summed E-state index contributed by atoms with van der Waals surface area (Å²) in [4.78, 5) is 13.7. The van der Waals surface area contributed by atoms with E-state index in [1.165, 1.54) is 0 Å². The molecule has 0 bridgehead atoms. The van der Waals surface area contributed by atoms with Gasteiger partial charge in [0.15, 0.2) is 5.84 Å². The minimum absolute atomic E-state index is 0.0299. The Hall–Kier alpha value is -2.48. The monoisotopic (exact) mass is 294 g/mol. The minimum atomic E-state index is -0.174. The lowest BCUT2D eigenvalue weighted by atomic mass is 10.3. The molecule has 2 amide bonds. The number of nitrogens with one attached hydrogen (secondary N) is 1. The Bertz CT molecular complexity index is 515. The Balaban J connectivity index is 1.92. The van der Waals surface area contributed by atoms with Gasteiger partial charge in [0.1, 0.15) is 12.4 Å². The Morgan fingerprint density at radius 3 is 2.95 bits per heavy atom. The lowest BCUT2D eigenvalue weighted by Gasteiger charge is -2.26. The van der Waals surface area contributed by atoms with Gasteiger partial charge < -0.3 is 30.6 Å². The van der Waals surface area contributed by atoms with Crippen LogP contribution >= 0.6 is 0 Å². The number of urea groups is 1. The Kier molecular flexibility index (Phi) is 5.22. The van der Waals surface area contributed by atoms with E-state index in [1.807, 2.05) is 0 Å². The zero-order valence-electron chi connectivity index (χ0n) is 11.5. The zero-order valence-corrected chi connectivity index (χ0v) is 11.5. The predicted octanol–water partition coefficient (Wildman–Crippen LogP) is 0.676. The predicted molar refractivity (Wildman–Crippen MR) is 76.8 cm³/mol. The molecular weight excluding hydrogens is 276 g/mol. The van der Waals surface area contributed by atoms with E-state index in [9.17, 15) is 4.79 Å². The van der Waals surface area contributed by atoms with E-state index in [0.29, 0.717) is 37.7 Å². The number of amides is 2. The maximum atomic E-state index is 12.0. The van der Waals surface area contributed by atoms with Crippen LogP contribution in [0.4, 0.5) is 10.5 Å². The molecule has 8 nitrogen and oxygen atoms in total. The number of benzene rings is 1. The average Bonchev–Trinajstić information content (AvgIpc) is 2.53. The number of rotatable bonds is 4. The maximum absolute atomic E-state index is 12.0. The van der Waals surface area contributed by atoms with Crippen molar-refractivity contribution in [1.29, 1.82) is 0 Å². The SMILES string of the molecule is NC(COc1cccc(NC(=O)N2CCOCC2)c1)=NO. The summed E-state index contributed by atoms with van der Waals surface area (Å²) in [6, 6.07) is 6.72. The first kappa shape index (κ1) is 14.9. The van der Waals surface area contributed by atoms with Crippen LogP contribution in [0.5, 0.6) is 5.75 Å². The third kappa shape index (κ3) is 4.53. The zero-order chi connectivity index (χ0) is 15.1. The highest BCUT2D eigenvalue weighted by molar-refractivity contribution is 5.89. The van der Waals surface area contributed by atoms with Crippen molar-refractivity contribution >= 4 is 17.6 Å². The van der Waals surface area contributed by atoms with Gasteiger partial charge in [-0.3, -0.25) is 0 Å². The van der Waals surface area contributed by atoms with Crippen molar-refractivity contribution in [1.82, 2.24) is 4.90 Å². The molecule has 0 unspecified atom stereocenters. The van der Waals surface area contributed by atoms with Crippen LogP contribution in [-0.4, -0.2) is 54.9 Å². The minimum Gasteiger partial charge on any atom is -0.485 e. The second kappa shape index (κ2) is 7.34. The summed E-state index contributed by atoms with van der Waals surface area (Å²) in [6.07, 6.45) is 0. The first-order chi connectivity index (χ1) is 10.2. The Labute approximate surface area is 122 Å². The van der Waals surface area contributed by atoms with E-state index < -0.39 is 0 Å². The normalized spacial score (nSPS) is 15.6. The van der Waals surface area contributed by atoms with Gasteiger partial charge in [0.2, 0.25) is 0 Å². The van der Waals surface area contributed by atoms with E-state index >= 15 is 0 Å². The van der Waals surface area contributed by atoms with Gasteiger partial charge in [0.05, 0.1) is 13.2 Å². The number of carbonyl (C=O) groups excluding carboxylic acids is 1. The Morgan fingerprint density at radius 2 is 2.24 bits per heavy atom. The molecular formula is C13H18N4O4. The van der Waals surface area contributed by atoms with Crippen LogP contribution < -0.4 is 15.8 Å². The summed E-state index contributed by atoms with van der Waals surface area (Å²) in [5.41, 5.74) is 5.94. The third-order valence-corrected chi connectivity index (χ3v) is 2.90. The van der Waals surface area contributed by atoms with Crippen LogP contribution in [0, 0.1) is 0 Å². The number of hydrogen-bond donors (Lipinski definition) is 3. The van der Waals surface area contributed by atoms with Crippen molar-refractivity contribution in [2.45, 2.75) is 0 Å². The molecule has 1 aliphatic rings. The summed E-state index contributed by atoms with van der Waals surface area (Å²) >= 11 is 0. The molecule has 1 saturated heterocycles. The van der Waals surface area contributed by atoms with Crippen LogP contribution in [-0.2, 0) is 4.74 Å². The largest absolute Gasteiger partial charge is 0.485 e. The van der Waals surface area contributed by atoms with Gasteiger partial charge in [0.25, 0.3) is 0 Å². The smallest absolute Gasteiger partial charge is 0.322 e. The van der Waals surface area contributed by atoms with Crippen LogP contribution in [0.25, 0.3) is 0 Å². The number of ether oxygens (including phenoxy) is 2. The third-order valence-electron chi connectivity index (χ3n) is 2.90. The van der Waals surface area contributed by atoms with Crippen molar-refractivity contribution < 1.29 is 19.5 Å². The molecule has 114 valence electrons. The summed E-state index contributed by atoms with van der Waals surface area (Å²) in [6.45, 7) is 2.22. The highest BCUT2D eigenvalue weighted by Crippen LogP contribution is 2.17. The van der Waals surface area contributed by atoms with Gasteiger partial charge >= 0.3 is 6.03 Å². The first-order valence-electron chi connectivity index (χ1n) is 6.52. The molecule has 4 N–H and O–H groups in total. The van der Waals surface area contributed by atoms with E-state index in [1.54, 1.807) is 29.2 Å². The lowest BCUT2D eigenvalue weighted by molar-refractivity contribution is 0.0564. The number of carbonyl (C=O) groups is 1. The van der Waals surface area contributed by atoms with Gasteiger partial charge in [-0.15, -0.1) is 0 Å². The van der Waals surface area contributed by atoms with Gasteiger partial charge in [-0.1, -0.05) is 11.2 Å². The molecule has 1 aliphatic heterocycles. The molecule has 8 heteroatoms. The number of oxime groups is 1. The molecule has 1 aromatic carbocycles. The molecule has 2 rings (SSSR count). The number of nitrogens with two attached hydrogens (primary N) is 1. The van der Waals surface area contributed by atoms with Crippen molar-refractivity contribution in [2.24, 2.45) is 10.9 Å². The van der Waals surface area contributed by atoms with E-state index in [0.717, 1.165) is 0 Å². The van der Waals surface area contributed by atoms with Crippen LogP contribution in [0.1, 0.15) is 0 Å². The van der Waals surface area contributed by atoms with Gasteiger partial charge in [-0.2, -0.15) is 0 Å². The van der Waals surface area contributed by atoms with Crippen LogP contribution in [0.3, 0.4) is 0 Å². The van der Waals surface area contributed by atoms with Crippen molar-refractivity contribution in [3.05, 3.63) is 24.3 Å². The second-order valence-electron chi connectivity index (χ2n) is 4.44. The quantitative estimate of drug-likeness (QED) is 0.327. The maximum Gasteiger partial charge on any atom is 0.322 e. The average molecular weight is 294 g/mol. The van der Waals surface area contributed by atoms with Crippen molar-refractivity contribution in [3.8, 4) is 5.75 Å². The molecule has 0 aliphatic carbocycles. The molecule has 0 radical (unpaired) electrons. The summed E-state index contributed by atoms with van der Waals surface area (Å²) in [5, 5.41) is 14.1. The molecule has 1 fully saturated rings. The number of nitrogens with zero attached hydrogens (tertiary/aromatic N) is 2. The second-order valence-corrected chi connectivity index (χ2v) is 4.44. The first-order valence-corrected chi connectivity index (χ1v) is 6.52. The molecule has 1 aromatic rings. The highest BCUT2D eigenvalue weighted by atomic mass is 16.5. The van der Waals surface area contributed by atoms with Crippen molar-refractivity contribution in [3.63, 3.8) is 0 Å². The summed E-state index contributed by atoms with van der Waals surface area (Å²) in [7, 11) is 0. The highest BCUT2D eigenvalue weighted by Gasteiger charge is 2.16. The Morgan fingerprint density at radius 1 is 1.48 bits per heavy atom. The summed E-state index contributed by atoms with van der Waals surface area (Å²) in [5.74, 6) is 0.485. The molecule has 1 heterocycles. The molecule has 0 atom stereocenters. The number of morpholine rings is 1. The van der Waals surface area contributed by atoms with Gasteiger partial charge in [-0.25, -0.2) is 4.79 Å². The number of amidine groups is 1. The number of anilines is 1. The molecule has 0 saturated carbocycles. The molecule has 0 spiro atoms. The van der Waals surface area contributed by atoms with Gasteiger partial charge in [0, 0.05) is 24.8 Å². The molecule has 0 aromatic heterocycles. The topological polar surface area (TPSA) is 109 Å². The standard InChI is InChI=1S/C13H18N4O4/c14-12(16-19)9-21-11-3-1-2-10(8-11)15-13(18)17-4-6-20-7-5-17/h1-3,8,19H,4-7,9H2,(H2,14,16)(H,15,18). The van der Waals surface area contributed by atoms with E-state index in [4.69, 9.17) is 20.4 Å². The van der Waals surface area contributed by atoms with Crippen LogP contribution in [0.15, 0.2) is 29.4 Å². The van der Waals surface area contributed by atoms with E-state index in [2.05, 4.69) is 10.5 Å². The fourth-order valence-electron chi connectivity index (χ4n) is 1.82. The van der Waals surface area contributed by atoms with E-state index in [-0.39, 0.29) is 18.5 Å². The number of hydrogen-bond acceptors (Lipinski definition) is 5. The molecule has 21 heavy (non-hydrogen) atoms. The lowest BCUT2D eigenvalue weighted by Crippen LogP contribution is -2.43. The van der Waals surface area contributed by atoms with Crippen LogP contribution in [0.2, 0.25) is 0 Å². The fraction of sp³-hybridized carbons (Fsp3) is 0.385. The summed E-state index contributed by atoms with van der Waals surface area (Å²) < 4.78 is 10.5. The fourth-order valence-corrected chi connectivity index (χ4v) is 1.82. The van der Waals surface area contributed by atoms with Gasteiger partial charge in [-0.05, 0) is 12.1 Å². The van der Waals surface area contributed by atoms with Crippen molar-refractivity contribution in [2.75, 3.05) is 38.2 Å².